The van der Waals surface area contributed by atoms with E-state index in [0.717, 1.165) is 19.4 Å². The van der Waals surface area contributed by atoms with E-state index in [-0.39, 0.29) is 0 Å². The first kappa shape index (κ1) is 12.2. The lowest BCUT2D eigenvalue weighted by molar-refractivity contribution is -0.132. The van der Waals surface area contributed by atoms with Gasteiger partial charge in [0.1, 0.15) is 0 Å². The van der Waals surface area contributed by atoms with E-state index in [4.69, 9.17) is 5.11 Å². The number of hydrogen-bond donors (Lipinski definition) is 2. The summed E-state index contributed by atoms with van der Waals surface area (Å²) < 4.78 is 0. The third kappa shape index (κ3) is 4.01. The number of nitrogens with zero attached hydrogens (tertiary/aromatic N) is 1. The minimum absolute atomic E-state index is 0.361. The van der Waals surface area contributed by atoms with E-state index in [1.807, 2.05) is 6.92 Å². The molecule has 1 saturated heterocycles. The number of aliphatic carboxylic acids is 1. The Labute approximate surface area is 90.2 Å². The van der Waals surface area contributed by atoms with Gasteiger partial charge in [-0.2, -0.15) is 0 Å². The maximum atomic E-state index is 10.6. The van der Waals surface area contributed by atoms with E-state index >= 15 is 0 Å². The Morgan fingerprint density at radius 1 is 1.60 bits per heavy atom. The van der Waals surface area contributed by atoms with Crippen LogP contribution in [0.5, 0.6) is 0 Å². The molecule has 0 aromatic heterocycles. The Morgan fingerprint density at radius 3 is 2.80 bits per heavy atom. The number of piperidine rings is 1. The monoisotopic (exact) mass is 213 g/mol. The number of aliphatic hydroxyl groups is 1. The summed E-state index contributed by atoms with van der Waals surface area (Å²) in [6.07, 6.45) is 3.49. The minimum atomic E-state index is -0.876. The summed E-state index contributed by atoms with van der Waals surface area (Å²) >= 11 is 0. The van der Waals surface area contributed by atoms with Crippen LogP contribution in [0.3, 0.4) is 0 Å². The molecule has 0 bridgehead atoms. The molecule has 0 aromatic carbocycles. The fourth-order valence-corrected chi connectivity index (χ4v) is 1.83. The quantitative estimate of drug-likeness (QED) is 0.683. The maximum Gasteiger partial charge on any atom is 0.330 e. The van der Waals surface area contributed by atoms with E-state index in [9.17, 15) is 9.90 Å². The number of carbonyl (C=O) groups is 1. The standard InChI is InChI=1S/C11H19NO3/c1-9(10(13)14)4-7-12-6-3-5-11(2,15)8-12/h4,15H,3,5-8H2,1-2H3,(H,13,14)/t11-/m0/s1. The number of hydrogen-bond acceptors (Lipinski definition) is 3. The second kappa shape index (κ2) is 4.77. The van der Waals surface area contributed by atoms with Crippen molar-refractivity contribution in [1.82, 2.24) is 4.90 Å². The second-order valence-electron chi connectivity index (χ2n) is 4.53. The average Bonchev–Trinajstić information content (AvgIpc) is 2.12. The molecule has 1 heterocycles. The van der Waals surface area contributed by atoms with Gasteiger partial charge in [0.2, 0.25) is 0 Å². The first-order valence-electron chi connectivity index (χ1n) is 5.25. The molecule has 1 aliphatic heterocycles. The molecule has 4 heteroatoms. The first-order chi connectivity index (χ1) is 6.91. The van der Waals surface area contributed by atoms with Crippen molar-refractivity contribution in [2.45, 2.75) is 32.3 Å². The van der Waals surface area contributed by atoms with Gasteiger partial charge < -0.3 is 10.2 Å². The summed E-state index contributed by atoms with van der Waals surface area (Å²) in [4.78, 5) is 12.6. The Balaban J connectivity index is 2.46. The summed E-state index contributed by atoms with van der Waals surface area (Å²) in [5.74, 6) is -0.876. The van der Waals surface area contributed by atoms with Gasteiger partial charge >= 0.3 is 5.97 Å². The molecule has 1 aliphatic rings. The van der Waals surface area contributed by atoms with Crippen molar-refractivity contribution in [3.63, 3.8) is 0 Å². The smallest absolute Gasteiger partial charge is 0.330 e. The molecule has 4 nitrogen and oxygen atoms in total. The fourth-order valence-electron chi connectivity index (χ4n) is 1.83. The van der Waals surface area contributed by atoms with Crippen molar-refractivity contribution >= 4 is 5.97 Å². The van der Waals surface area contributed by atoms with Crippen LogP contribution in [0.25, 0.3) is 0 Å². The zero-order valence-electron chi connectivity index (χ0n) is 9.36. The van der Waals surface area contributed by atoms with Crippen LogP contribution in [0.2, 0.25) is 0 Å². The van der Waals surface area contributed by atoms with Gasteiger partial charge in [-0.25, -0.2) is 4.79 Å². The van der Waals surface area contributed by atoms with Gasteiger partial charge in [-0.3, -0.25) is 4.90 Å². The van der Waals surface area contributed by atoms with Crippen LogP contribution >= 0.6 is 0 Å². The number of carboxylic acid groups (broad SMARTS) is 1. The summed E-state index contributed by atoms with van der Waals surface area (Å²) in [5.41, 5.74) is -0.260. The normalized spacial score (nSPS) is 29.1. The van der Waals surface area contributed by atoms with E-state index in [0.29, 0.717) is 18.7 Å². The molecule has 2 N–H and O–H groups in total. The molecule has 1 rings (SSSR count). The SMILES string of the molecule is CC(=CCN1CCC[C@](C)(O)C1)C(=O)O. The third-order valence-corrected chi connectivity index (χ3v) is 2.75. The molecule has 0 aliphatic carbocycles. The number of β-amino-alcohol motifs (C(OH)–C–C–N with tert-alkyl or cyclic N) is 1. The Bertz CT molecular complexity index is 271. The first-order valence-corrected chi connectivity index (χ1v) is 5.25. The van der Waals surface area contributed by atoms with E-state index in [2.05, 4.69) is 4.90 Å². The van der Waals surface area contributed by atoms with Crippen LogP contribution in [0.4, 0.5) is 0 Å². The van der Waals surface area contributed by atoms with E-state index < -0.39 is 11.6 Å². The predicted octanol–water partition coefficient (Wildman–Crippen LogP) is 0.864. The van der Waals surface area contributed by atoms with Gasteiger partial charge in [-0.1, -0.05) is 6.08 Å². The summed E-state index contributed by atoms with van der Waals surface area (Å²) in [6.45, 7) is 5.57. The highest BCUT2D eigenvalue weighted by atomic mass is 16.4. The minimum Gasteiger partial charge on any atom is -0.478 e. The lowest BCUT2D eigenvalue weighted by Crippen LogP contribution is -2.46. The third-order valence-electron chi connectivity index (χ3n) is 2.75. The van der Waals surface area contributed by atoms with E-state index in [1.165, 1.54) is 0 Å². The van der Waals surface area contributed by atoms with Crippen molar-refractivity contribution < 1.29 is 15.0 Å². The van der Waals surface area contributed by atoms with Crippen molar-refractivity contribution in [1.29, 1.82) is 0 Å². The van der Waals surface area contributed by atoms with Crippen LogP contribution < -0.4 is 0 Å². The van der Waals surface area contributed by atoms with Crippen LogP contribution in [0.1, 0.15) is 26.7 Å². The molecule has 86 valence electrons. The van der Waals surface area contributed by atoms with Crippen molar-refractivity contribution in [2.24, 2.45) is 0 Å². The Kier molecular flexibility index (Phi) is 3.88. The highest BCUT2D eigenvalue weighted by Crippen LogP contribution is 2.19. The van der Waals surface area contributed by atoms with Gasteiger partial charge in [-0.15, -0.1) is 0 Å². The second-order valence-corrected chi connectivity index (χ2v) is 4.53. The number of rotatable bonds is 3. The number of carboxylic acids is 1. The van der Waals surface area contributed by atoms with Crippen LogP contribution in [0.15, 0.2) is 11.6 Å². The van der Waals surface area contributed by atoms with Crippen LogP contribution in [0, 0.1) is 0 Å². The zero-order valence-corrected chi connectivity index (χ0v) is 9.36. The topological polar surface area (TPSA) is 60.8 Å². The Morgan fingerprint density at radius 2 is 2.27 bits per heavy atom. The largest absolute Gasteiger partial charge is 0.478 e. The maximum absolute atomic E-state index is 10.6. The molecule has 1 fully saturated rings. The molecule has 1 atom stereocenters. The van der Waals surface area contributed by atoms with Crippen LogP contribution in [-0.4, -0.2) is 46.3 Å². The van der Waals surface area contributed by atoms with Gasteiger partial charge in [0.15, 0.2) is 0 Å². The molecule has 0 aromatic rings. The number of likely N-dealkylation sites (tertiary alicyclic amines) is 1. The molecule has 0 unspecified atom stereocenters. The molecule has 0 amide bonds. The summed E-state index contributed by atoms with van der Waals surface area (Å²) in [6, 6.07) is 0. The van der Waals surface area contributed by atoms with Crippen molar-refractivity contribution in [3.8, 4) is 0 Å². The molecular weight excluding hydrogens is 194 g/mol. The van der Waals surface area contributed by atoms with Crippen molar-refractivity contribution in [3.05, 3.63) is 11.6 Å². The van der Waals surface area contributed by atoms with Gasteiger partial charge in [0.05, 0.1) is 5.60 Å². The van der Waals surface area contributed by atoms with Gasteiger partial charge in [0.25, 0.3) is 0 Å². The zero-order chi connectivity index (χ0) is 11.5. The average molecular weight is 213 g/mol. The van der Waals surface area contributed by atoms with Gasteiger partial charge in [0, 0.05) is 18.7 Å². The van der Waals surface area contributed by atoms with Crippen LogP contribution in [-0.2, 0) is 4.79 Å². The van der Waals surface area contributed by atoms with Gasteiger partial charge in [-0.05, 0) is 33.2 Å². The van der Waals surface area contributed by atoms with Crippen molar-refractivity contribution in [2.75, 3.05) is 19.6 Å². The molecule has 0 saturated carbocycles. The summed E-state index contributed by atoms with van der Waals surface area (Å²) in [5, 5.41) is 18.5. The summed E-state index contributed by atoms with van der Waals surface area (Å²) in [7, 11) is 0. The predicted molar refractivity (Wildman–Crippen MR) is 57.7 cm³/mol. The highest BCUT2D eigenvalue weighted by molar-refractivity contribution is 5.85. The molecule has 15 heavy (non-hydrogen) atoms. The Hall–Kier alpha value is -0.870. The fraction of sp³-hybridized carbons (Fsp3) is 0.727. The molecule has 0 spiro atoms. The lowest BCUT2D eigenvalue weighted by Gasteiger charge is -2.36. The highest BCUT2D eigenvalue weighted by Gasteiger charge is 2.27. The van der Waals surface area contributed by atoms with E-state index in [1.54, 1.807) is 13.0 Å². The molecular formula is C11H19NO3. The lowest BCUT2D eigenvalue weighted by atomic mass is 9.95. The molecule has 0 radical (unpaired) electrons.